The lowest BCUT2D eigenvalue weighted by Crippen LogP contribution is -1.84. The molecule has 2 aromatic carbocycles. The molecule has 0 aliphatic carbocycles. The normalized spacial score (nSPS) is 10.9. The number of hydrogen-bond donors (Lipinski definition) is 1. The summed E-state index contributed by atoms with van der Waals surface area (Å²) in [5.41, 5.74) is 1.83. The van der Waals surface area contributed by atoms with Crippen LogP contribution < -0.4 is 0 Å². The largest absolute Gasteiger partial charge is 0.277 e. The van der Waals surface area contributed by atoms with Crippen LogP contribution in [0.1, 0.15) is 0 Å². The van der Waals surface area contributed by atoms with E-state index in [9.17, 15) is 8.78 Å². The molecule has 84 valence electrons. The van der Waals surface area contributed by atoms with Gasteiger partial charge in [0, 0.05) is 17.0 Å². The molecule has 0 aliphatic heterocycles. The minimum absolute atomic E-state index is 0.431. The van der Waals surface area contributed by atoms with Crippen molar-refractivity contribution in [3.8, 4) is 11.3 Å². The second-order valence-electron chi connectivity index (χ2n) is 3.78. The number of aromatic nitrogens is 2. The summed E-state index contributed by atoms with van der Waals surface area (Å²) < 4.78 is 26.3. The smallest absolute Gasteiger partial charge is 0.126 e. The SMILES string of the molecule is Fc1cc(F)cc(-c2n[nH]c3ccccc23)c1. The summed E-state index contributed by atoms with van der Waals surface area (Å²) in [5, 5.41) is 7.77. The number of H-pyrrole nitrogens is 1. The Kier molecular flexibility index (Phi) is 2.14. The minimum Gasteiger partial charge on any atom is -0.277 e. The molecular weight excluding hydrogens is 222 g/mol. The standard InChI is InChI=1S/C13H8F2N2/c14-9-5-8(6-10(15)7-9)13-11-3-1-2-4-12(11)16-17-13/h1-7H,(H,16,17). The van der Waals surface area contributed by atoms with Crippen molar-refractivity contribution in [3.63, 3.8) is 0 Å². The van der Waals surface area contributed by atoms with E-state index < -0.39 is 11.6 Å². The van der Waals surface area contributed by atoms with E-state index >= 15 is 0 Å². The molecule has 0 fully saturated rings. The highest BCUT2D eigenvalue weighted by Gasteiger charge is 2.09. The van der Waals surface area contributed by atoms with Gasteiger partial charge in [-0.3, -0.25) is 5.10 Å². The van der Waals surface area contributed by atoms with Crippen molar-refractivity contribution in [1.29, 1.82) is 0 Å². The van der Waals surface area contributed by atoms with Gasteiger partial charge in [0.25, 0.3) is 0 Å². The quantitative estimate of drug-likeness (QED) is 0.680. The Hall–Kier alpha value is -2.23. The molecule has 4 heteroatoms. The summed E-state index contributed by atoms with van der Waals surface area (Å²) in [7, 11) is 0. The van der Waals surface area contributed by atoms with E-state index in [4.69, 9.17) is 0 Å². The lowest BCUT2D eigenvalue weighted by atomic mass is 10.1. The molecular formula is C13H8F2N2. The predicted octanol–water partition coefficient (Wildman–Crippen LogP) is 3.51. The van der Waals surface area contributed by atoms with E-state index in [1.165, 1.54) is 12.1 Å². The zero-order valence-corrected chi connectivity index (χ0v) is 8.74. The van der Waals surface area contributed by atoms with Gasteiger partial charge in [-0.05, 0) is 18.2 Å². The van der Waals surface area contributed by atoms with Gasteiger partial charge in [-0.2, -0.15) is 5.10 Å². The van der Waals surface area contributed by atoms with Crippen molar-refractivity contribution in [1.82, 2.24) is 10.2 Å². The van der Waals surface area contributed by atoms with Crippen molar-refractivity contribution in [2.45, 2.75) is 0 Å². The van der Waals surface area contributed by atoms with Crippen LogP contribution >= 0.6 is 0 Å². The number of hydrogen-bond acceptors (Lipinski definition) is 1. The van der Waals surface area contributed by atoms with Gasteiger partial charge in [-0.1, -0.05) is 18.2 Å². The Bertz CT molecular complexity index is 668. The van der Waals surface area contributed by atoms with Crippen molar-refractivity contribution in [3.05, 3.63) is 54.1 Å². The van der Waals surface area contributed by atoms with Gasteiger partial charge >= 0.3 is 0 Å². The minimum atomic E-state index is -0.605. The number of aromatic amines is 1. The van der Waals surface area contributed by atoms with E-state index in [2.05, 4.69) is 10.2 Å². The van der Waals surface area contributed by atoms with Crippen LogP contribution in [0.2, 0.25) is 0 Å². The fourth-order valence-corrected chi connectivity index (χ4v) is 1.87. The third-order valence-electron chi connectivity index (χ3n) is 2.61. The Labute approximate surface area is 95.9 Å². The molecule has 2 nitrogen and oxygen atoms in total. The molecule has 1 N–H and O–H groups in total. The van der Waals surface area contributed by atoms with Gasteiger partial charge in [0.05, 0.1) is 5.52 Å². The lowest BCUT2D eigenvalue weighted by molar-refractivity contribution is 0.584. The fraction of sp³-hybridized carbons (Fsp3) is 0. The van der Waals surface area contributed by atoms with Gasteiger partial charge in [0.1, 0.15) is 17.3 Å². The average Bonchev–Trinajstić information content (AvgIpc) is 2.71. The molecule has 0 saturated carbocycles. The monoisotopic (exact) mass is 230 g/mol. The van der Waals surface area contributed by atoms with E-state index in [0.29, 0.717) is 11.3 Å². The van der Waals surface area contributed by atoms with Crippen LogP contribution in [0.3, 0.4) is 0 Å². The number of nitrogens with one attached hydrogen (secondary N) is 1. The van der Waals surface area contributed by atoms with Crippen LogP contribution in [0, 0.1) is 11.6 Å². The molecule has 0 atom stereocenters. The zero-order valence-electron chi connectivity index (χ0n) is 8.74. The van der Waals surface area contributed by atoms with Gasteiger partial charge in [-0.15, -0.1) is 0 Å². The summed E-state index contributed by atoms with van der Waals surface area (Å²) >= 11 is 0. The molecule has 0 aliphatic rings. The van der Waals surface area contributed by atoms with E-state index in [1.54, 1.807) is 0 Å². The van der Waals surface area contributed by atoms with E-state index in [0.717, 1.165) is 17.0 Å². The number of fused-ring (bicyclic) bond motifs is 1. The molecule has 17 heavy (non-hydrogen) atoms. The molecule has 0 radical (unpaired) electrons. The molecule has 0 saturated heterocycles. The molecule has 0 spiro atoms. The third kappa shape index (κ3) is 1.67. The number of nitrogens with zero attached hydrogens (tertiary/aromatic N) is 1. The first kappa shape index (κ1) is 9.96. The first-order valence-corrected chi connectivity index (χ1v) is 5.13. The Balaban J connectivity index is 2.27. The molecule has 3 rings (SSSR count). The number of benzene rings is 2. The summed E-state index contributed by atoms with van der Waals surface area (Å²) in [5.74, 6) is -1.21. The first-order chi connectivity index (χ1) is 8.24. The summed E-state index contributed by atoms with van der Waals surface area (Å²) in [6.45, 7) is 0. The van der Waals surface area contributed by atoms with Crippen LogP contribution in [0.15, 0.2) is 42.5 Å². The zero-order chi connectivity index (χ0) is 11.8. The first-order valence-electron chi connectivity index (χ1n) is 5.13. The second kappa shape index (κ2) is 3.66. The summed E-state index contributed by atoms with van der Waals surface area (Å²) in [6, 6.07) is 10.8. The van der Waals surface area contributed by atoms with Gasteiger partial charge in [0.2, 0.25) is 0 Å². The maximum absolute atomic E-state index is 13.1. The number of para-hydroxylation sites is 1. The van der Waals surface area contributed by atoms with Crippen LogP contribution in [0.25, 0.3) is 22.2 Å². The lowest BCUT2D eigenvalue weighted by Gasteiger charge is -1.99. The highest BCUT2D eigenvalue weighted by atomic mass is 19.1. The molecule has 1 heterocycles. The average molecular weight is 230 g/mol. The summed E-state index contributed by atoms with van der Waals surface area (Å²) in [6.07, 6.45) is 0. The topological polar surface area (TPSA) is 28.7 Å². The molecule has 0 unspecified atom stereocenters. The predicted molar refractivity (Wildman–Crippen MR) is 61.4 cm³/mol. The van der Waals surface area contributed by atoms with Crippen molar-refractivity contribution in [2.75, 3.05) is 0 Å². The molecule has 3 aromatic rings. The van der Waals surface area contributed by atoms with Crippen LogP contribution in [-0.4, -0.2) is 10.2 Å². The van der Waals surface area contributed by atoms with E-state index in [-0.39, 0.29) is 0 Å². The number of halogens is 2. The second-order valence-corrected chi connectivity index (χ2v) is 3.78. The van der Waals surface area contributed by atoms with Crippen LogP contribution in [0.5, 0.6) is 0 Å². The Morgan fingerprint density at radius 3 is 2.41 bits per heavy atom. The van der Waals surface area contributed by atoms with Gasteiger partial charge in [0.15, 0.2) is 0 Å². The van der Waals surface area contributed by atoms with Crippen LogP contribution in [0.4, 0.5) is 8.78 Å². The highest BCUT2D eigenvalue weighted by Crippen LogP contribution is 2.26. The van der Waals surface area contributed by atoms with Gasteiger partial charge < -0.3 is 0 Å². The Morgan fingerprint density at radius 1 is 0.941 bits per heavy atom. The van der Waals surface area contributed by atoms with Crippen molar-refractivity contribution >= 4 is 10.9 Å². The molecule has 0 bridgehead atoms. The molecule has 0 amide bonds. The Morgan fingerprint density at radius 2 is 1.65 bits per heavy atom. The fourth-order valence-electron chi connectivity index (χ4n) is 1.87. The number of rotatable bonds is 1. The maximum atomic E-state index is 13.1. The van der Waals surface area contributed by atoms with E-state index in [1.807, 2.05) is 24.3 Å². The molecule has 1 aromatic heterocycles. The summed E-state index contributed by atoms with van der Waals surface area (Å²) in [4.78, 5) is 0. The maximum Gasteiger partial charge on any atom is 0.126 e. The van der Waals surface area contributed by atoms with Crippen molar-refractivity contribution < 1.29 is 8.78 Å². The third-order valence-corrected chi connectivity index (χ3v) is 2.61. The van der Waals surface area contributed by atoms with Crippen LogP contribution in [-0.2, 0) is 0 Å². The van der Waals surface area contributed by atoms with Gasteiger partial charge in [-0.25, -0.2) is 8.78 Å². The highest BCUT2D eigenvalue weighted by molar-refractivity contribution is 5.92. The van der Waals surface area contributed by atoms with Crippen molar-refractivity contribution in [2.24, 2.45) is 0 Å².